The molecule has 0 unspecified atom stereocenters. The molecule has 3 heterocycles. The van der Waals surface area contributed by atoms with E-state index in [1.54, 1.807) is 13.0 Å². The molecule has 6 nitrogen and oxygen atoms in total. The third-order valence-electron chi connectivity index (χ3n) is 5.71. The van der Waals surface area contributed by atoms with Crippen LogP contribution >= 0.6 is 0 Å². The molecular formula is C19H22F2N4O2. The SMILES string of the molecule is Cc1nonc1C(=O)N1CC[C@@]2(CCCN(Cc3ccc(F)c(F)c3)C2)C1. The first-order chi connectivity index (χ1) is 13.0. The van der Waals surface area contributed by atoms with Crippen LogP contribution < -0.4 is 0 Å². The summed E-state index contributed by atoms with van der Waals surface area (Å²) in [6, 6.07) is 4.07. The van der Waals surface area contributed by atoms with Gasteiger partial charge in [0.05, 0.1) is 0 Å². The van der Waals surface area contributed by atoms with Gasteiger partial charge in [-0.05, 0) is 55.6 Å². The lowest BCUT2D eigenvalue weighted by molar-refractivity contribution is 0.0666. The van der Waals surface area contributed by atoms with Crippen LogP contribution in [-0.4, -0.2) is 52.2 Å². The highest BCUT2D eigenvalue weighted by molar-refractivity contribution is 5.93. The van der Waals surface area contributed by atoms with Crippen molar-refractivity contribution in [1.29, 1.82) is 0 Å². The van der Waals surface area contributed by atoms with E-state index in [9.17, 15) is 13.6 Å². The van der Waals surface area contributed by atoms with Gasteiger partial charge in [0, 0.05) is 31.6 Å². The molecule has 4 rings (SSSR count). The van der Waals surface area contributed by atoms with E-state index in [0.29, 0.717) is 25.3 Å². The first kappa shape index (κ1) is 18.0. The summed E-state index contributed by atoms with van der Waals surface area (Å²) < 4.78 is 31.3. The number of piperidine rings is 1. The maximum absolute atomic E-state index is 13.5. The van der Waals surface area contributed by atoms with Crippen molar-refractivity contribution in [3.63, 3.8) is 0 Å². The fraction of sp³-hybridized carbons (Fsp3) is 0.526. The minimum absolute atomic E-state index is 0.0392. The Morgan fingerprint density at radius 1 is 1.19 bits per heavy atom. The molecule has 8 heteroatoms. The number of aryl methyl sites for hydroxylation is 1. The zero-order chi connectivity index (χ0) is 19.0. The van der Waals surface area contributed by atoms with Crippen LogP contribution in [0.4, 0.5) is 8.78 Å². The molecule has 0 saturated carbocycles. The summed E-state index contributed by atoms with van der Waals surface area (Å²) in [5, 5.41) is 7.41. The lowest BCUT2D eigenvalue weighted by atomic mass is 9.79. The first-order valence-electron chi connectivity index (χ1n) is 9.20. The second-order valence-corrected chi connectivity index (χ2v) is 7.74. The van der Waals surface area contributed by atoms with Gasteiger partial charge in [-0.15, -0.1) is 0 Å². The quantitative estimate of drug-likeness (QED) is 0.824. The molecule has 1 aromatic carbocycles. The summed E-state index contributed by atoms with van der Waals surface area (Å²) in [6.45, 7) is 5.41. The highest BCUT2D eigenvalue weighted by Crippen LogP contribution is 2.39. The molecule has 27 heavy (non-hydrogen) atoms. The molecule has 1 amide bonds. The summed E-state index contributed by atoms with van der Waals surface area (Å²) in [7, 11) is 0. The molecule has 0 bridgehead atoms. The van der Waals surface area contributed by atoms with Gasteiger partial charge >= 0.3 is 0 Å². The van der Waals surface area contributed by atoms with E-state index in [-0.39, 0.29) is 17.0 Å². The molecule has 2 aliphatic rings. The molecule has 1 spiro atoms. The van der Waals surface area contributed by atoms with E-state index in [1.165, 1.54) is 12.1 Å². The van der Waals surface area contributed by atoms with Crippen molar-refractivity contribution in [2.75, 3.05) is 26.2 Å². The highest BCUT2D eigenvalue weighted by atomic mass is 19.2. The highest BCUT2D eigenvalue weighted by Gasteiger charge is 2.43. The number of halogens is 2. The second-order valence-electron chi connectivity index (χ2n) is 7.74. The van der Waals surface area contributed by atoms with Gasteiger partial charge in [-0.3, -0.25) is 9.69 Å². The molecular weight excluding hydrogens is 354 g/mol. The summed E-state index contributed by atoms with van der Waals surface area (Å²) in [5.41, 5.74) is 1.59. The average Bonchev–Trinajstić information content (AvgIpc) is 3.24. The number of amides is 1. The largest absolute Gasteiger partial charge is 0.337 e. The fourth-order valence-corrected chi connectivity index (χ4v) is 4.36. The van der Waals surface area contributed by atoms with Crippen molar-refractivity contribution in [3.05, 3.63) is 46.8 Å². The topological polar surface area (TPSA) is 62.5 Å². The second kappa shape index (κ2) is 6.99. The fourth-order valence-electron chi connectivity index (χ4n) is 4.36. The van der Waals surface area contributed by atoms with Gasteiger partial charge in [0.2, 0.25) is 0 Å². The van der Waals surface area contributed by atoms with E-state index in [2.05, 4.69) is 19.8 Å². The lowest BCUT2D eigenvalue weighted by Gasteiger charge is -2.40. The third-order valence-corrected chi connectivity index (χ3v) is 5.71. The predicted molar refractivity (Wildman–Crippen MR) is 92.9 cm³/mol. The third kappa shape index (κ3) is 3.58. The molecule has 2 aromatic rings. The predicted octanol–water partition coefficient (Wildman–Crippen LogP) is 2.78. The lowest BCUT2D eigenvalue weighted by Crippen LogP contribution is -2.45. The molecule has 144 valence electrons. The summed E-state index contributed by atoms with van der Waals surface area (Å²) in [5.74, 6) is -1.77. The maximum atomic E-state index is 13.5. The van der Waals surface area contributed by atoms with Gasteiger partial charge in [0.1, 0.15) is 5.69 Å². The van der Waals surface area contributed by atoms with E-state index >= 15 is 0 Å². The van der Waals surface area contributed by atoms with Crippen molar-refractivity contribution in [2.24, 2.45) is 5.41 Å². The van der Waals surface area contributed by atoms with E-state index < -0.39 is 11.6 Å². The Balaban J connectivity index is 1.42. The van der Waals surface area contributed by atoms with E-state index in [0.717, 1.165) is 37.9 Å². The molecule has 2 fully saturated rings. The molecule has 0 aliphatic carbocycles. The number of rotatable bonds is 3. The normalized spacial score (nSPS) is 23.3. The Bertz CT molecular complexity index is 856. The Morgan fingerprint density at radius 3 is 2.78 bits per heavy atom. The summed E-state index contributed by atoms with van der Waals surface area (Å²) in [6.07, 6.45) is 3.01. The van der Waals surface area contributed by atoms with Gasteiger partial charge in [-0.2, -0.15) is 0 Å². The van der Waals surface area contributed by atoms with Crippen LogP contribution in [0.15, 0.2) is 22.8 Å². The number of nitrogens with zero attached hydrogens (tertiary/aromatic N) is 4. The Kier molecular flexibility index (Phi) is 4.67. The van der Waals surface area contributed by atoms with Crippen LogP contribution in [-0.2, 0) is 6.54 Å². The molecule has 2 saturated heterocycles. The van der Waals surface area contributed by atoms with Crippen LogP contribution in [0.3, 0.4) is 0 Å². The first-order valence-corrected chi connectivity index (χ1v) is 9.20. The van der Waals surface area contributed by atoms with Crippen LogP contribution in [0.25, 0.3) is 0 Å². The smallest absolute Gasteiger partial charge is 0.278 e. The van der Waals surface area contributed by atoms with Gasteiger partial charge < -0.3 is 4.90 Å². The number of benzene rings is 1. The number of aromatic nitrogens is 2. The van der Waals surface area contributed by atoms with Crippen LogP contribution in [0.1, 0.15) is 41.0 Å². The Morgan fingerprint density at radius 2 is 2.04 bits per heavy atom. The van der Waals surface area contributed by atoms with Gasteiger partial charge in [-0.25, -0.2) is 13.4 Å². The van der Waals surface area contributed by atoms with Gasteiger partial charge in [0.25, 0.3) is 5.91 Å². The zero-order valence-corrected chi connectivity index (χ0v) is 15.3. The number of hydrogen-bond donors (Lipinski definition) is 0. The maximum Gasteiger partial charge on any atom is 0.278 e. The Labute approximate surface area is 156 Å². The van der Waals surface area contributed by atoms with Crippen LogP contribution in [0.2, 0.25) is 0 Å². The van der Waals surface area contributed by atoms with Gasteiger partial charge in [0.15, 0.2) is 17.3 Å². The van der Waals surface area contributed by atoms with Crippen LogP contribution in [0, 0.1) is 24.0 Å². The standard InChI is InChI=1S/C19H22F2N4O2/c1-13-17(23-27-22-13)18(26)25-8-6-19(12-25)5-2-7-24(11-19)10-14-3-4-15(20)16(21)9-14/h3-4,9H,2,5-8,10-12H2,1H3/t19-/m1/s1. The van der Waals surface area contributed by atoms with Crippen molar-refractivity contribution >= 4 is 5.91 Å². The monoisotopic (exact) mass is 376 g/mol. The molecule has 0 radical (unpaired) electrons. The van der Waals surface area contributed by atoms with Crippen molar-refractivity contribution in [3.8, 4) is 0 Å². The van der Waals surface area contributed by atoms with Crippen LogP contribution in [0.5, 0.6) is 0 Å². The summed E-state index contributed by atoms with van der Waals surface area (Å²) >= 11 is 0. The number of carbonyl (C=O) groups is 1. The van der Waals surface area contributed by atoms with Crippen molar-refractivity contribution < 1.29 is 18.2 Å². The van der Waals surface area contributed by atoms with Crippen molar-refractivity contribution in [1.82, 2.24) is 20.1 Å². The zero-order valence-electron chi connectivity index (χ0n) is 15.3. The summed E-state index contributed by atoms with van der Waals surface area (Å²) in [4.78, 5) is 16.8. The molecule has 1 aromatic heterocycles. The number of hydrogen-bond acceptors (Lipinski definition) is 5. The van der Waals surface area contributed by atoms with Gasteiger partial charge in [-0.1, -0.05) is 11.2 Å². The molecule has 1 atom stereocenters. The van der Waals surface area contributed by atoms with Crippen molar-refractivity contribution in [2.45, 2.75) is 32.7 Å². The number of carbonyl (C=O) groups excluding carboxylic acids is 1. The minimum atomic E-state index is -0.823. The van der Waals surface area contributed by atoms with E-state index in [1.807, 2.05) is 4.90 Å². The molecule has 0 N–H and O–H groups in total. The average molecular weight is 376 g/mol. The minimum Gasteiger partial charge on any atom is -0.337 e. The molecule has 2 aliphatic heterocycles. The number of likely N-dealkylation sites (tertiary alicyclic amines) is 2. The van der Waals surface area contributed by atoms with E-state index in [4.69, 9.17) is 0 Å². The Hall–Kier alpha value is -2.35.